The molecule has 3 aromatic rings. The van der Waals surface area contributed by atoms with E-state index in [1.807, 2.05) is 0 Å². The highest BCUT2D eigenvalue weighted by Crippen LogP contribution is 2.17. The molecule has 1 N–H and O–H groups in total. The highest BCUT2D eigenvalue weighted by molar-refractivity contribution is 7.89. The number of sulfonamides is 1. The minimum atomic E-state index is -3.72. The van der Waals surface area contributed by atoms with Crippen molar-refractivity contribution in [1.82, 2.24) is 24.9 Å². The Kier molecular flexibility index (Phi) is 5.01. The molecule has 0 aliphatic heterocycles. The lowest BCUT2D eigenvalue weighted by Crippen LogP contribution is -2.22. The normalized spacial score (nSPS) is 11.2. The van der Waals surface area contributed by atoms with Crippen LogP contribution in [0.2, 0.25) is 0 Å². The van der Waals surface area contributed by atoms with Gasteiger partial charge in [-0.3, -0.25) is 4.85 Å². The molecule has 0 unspecified atom stereocenters. The lowest BCUT2D eigenvalue weighted by molar-refractivity contribution is 0.570. The Balaban J connectivity index is 1.75. The van der Waals surface area contributed by atoms with Gasteiger partial charge in [-0.2, -0.15) is 4.80 Å². The highest BCUT2D eigenvalue weighted by Gasteiger charge is 2.15. The van der Waals surface area contributed by atoms with Crippen LogP contribution in [0.1, 0.15) is 5.56 Å². The fourth-order valence-electron chi connectivity index (χ4n) is 2.16. The first kappa shape index (κ1) is 17.7. The molecule has 0 aliphatic rings. The van der Waals surface area contributed by atoms with Gasteiger partial charge in [0, 0.05) is 5.56 Å². The molecule has 132 valence electrons. The number of hydrogen-bond acceptors (Lipinski definition) is 5. The molecule has 1 heterocycles. The number of benzene rings is 2. The Morgan fingerprint density at radius 3 is 2.46 bits per heavy atom. The van der Waals surface area contributed by atoms with Gasteiger partial charge in [-0.1, -0.05) is 12.1 Å². The summed E-state index contributed by atoms with van der Waals surface area (Å²) in [4.78, 5) is 4.37. The minimum Gasteiger partial charge on any atom is -0.299 e. The summed E-state index contributed by atoms with van der Waals surface area (Å²) >= 11 is 0. The smallest absolute Gasteiger partial charge is 0.280 e. The van der Waals surface area contributed by atoms with Gasteiger partial charge in [-0.15, -0.1) is 14.9 Å². The number of rotatable bonds is 6. The Morgan fingerprint density at radius 2 is 1.81 bits per heavy atom. The minimum absolute atomic E-state index is 0.0450. The van der Waals surface area contributed by atoms with Crippen LogP contribution in [0.4, 0.5) is 4.39 Å². The summed E-state index contributed by atoms with van der Waals surface area (Å²) in [6.45, 7) is 6.66. The Hall–Kier alpha value is -3.16. The zero-order chi connectivity index (χ0) is 18.6. The lowest BCUT2D eigenvalue weighted by Gasteiger charge is -2.02. The van der Waals surface area contributed by atoms with E-state index in [0.29, 0.717) is 17.9 Å². The molecule has 3 rings (SSSR count). The molecule has 26 heavy (non-hydrogen) atoms. The molecule has 2 aromatic carbocycles. The third-order valence-electron chi connectivity index (χ3n) is 3.45. The maximum absolute atomic E-state index is 12.9. The summed E-state index contributed by atoms with van der Waals surface area (Å²) in [7, 11) is -3.72. The van der Waals surface area contributed by atoms with Gasteiger partial charge >= 0.3 is 0 Å². The first-order valence-corrected chi connectivity index (χ1v) is 8.92. The van der Waals surface area contributed by atoms with E-state index in [1.54, 1.807) is 24.3 Å². The van der Waals surface area contributed by atoms with Gasteiger partial charge in [0.25, 0.3) is 6.67 Å². The van der Waals surface area contributed by atoms with Crippen LogP contribution in [-0.2, 0) is 16.6 Å². The van der Waals surface area contributed by atoms with Crippen LogP contribution in [0.15, 0.2) is 53.4 Å². The monoisotopic (exact) mass is 372 g/mol. The molecule has 0 fully saturated rings. The van der Waals surface area contributed by atoms with Crippen molar-refractivity contribution in [3.8, 4) is 11.4 Å². The fourth-order valence-corrected chi connectivity index (χ4v) is 3.06. The molecular formula is C16H13FN6O2S. The van der Waals surface area contributed by atoms with E-state index in [2.05, 4.69) is 25.0 Å². The van der Waals surface area contributed by atoms with Crippen molar-refractivity contribution in [3.05, 3.63) is 71.3 Å². The van der Waals surface area contributed by atoms with Gasteiger partial charge in [0.1, 0.15) is 5.82 Å². The van der Waals surface area contributed by atoms with Crippen molar-refractivity contribution in [1.29, 1.82) is 0 Å². The van der Waals surface area contributed by atoms with E-state index in [9.17, 15) is 12.8 Å². The Labute approximate surface area is 149 Å². The number of tetrazole rings is 1. The van der Waals surface area contributed by atoms with Crippen LogP contribution in [0, 0.1) is 12.4 Å². The largest absolute Gasteiger partial charge is 0.299 e. The second kappa shape index (κ2) is 7.38. The van der Waals surface area contributed by atoms with E-state index in [0.717, 1.165) is 5.56 Å². The molecule has 0 aliphatic carbocycles. The van der Waals surface area contributed by atoms with Crippen molar-refractivity contribution < 1.29 is 12.8 Å². The van der Waals surface area contributed by atoms with Crippen molar-refractivity contribution >= 4 is 10.0 Å². The number of hydrogen-bond donors (Lipinski definition) is 1. The van der Waals surface area contributed by atoms with Gasteiger partial charge < -0.3 is 0 Å². The predicted molar refractivity (Wildman–Crippen MR) is 90.5 cm³/mol. The molecule has 0 amide bonds. The van der Waals surface area contributed by atoms with Gasteiger partial charge in [0.2, 0.25) is 15.8 Å². The molecule has 0 saturated carbocycles. The molecule has 0 spiro atoms. The Morgan fingerprint density at radius 1 is 1.12 bits per heavy atom. The summed E-state index contributed by atoms with van der Waals surface area (Å²) in [5, 5.41) is 12.1. The van der Waals surface area contributed by atoms with Crippen LogP contribution in [0.25, 0.3) is 16.2 Å². The van der Waals surface area contributed by atoms with Crippen molar-refractivity contribution in [2.24, 2.45) is 0 Å². The number of nitrogens with zero attached hydrogens (tertiary/aromatic N) is 5. The van der Waals surface area contributed by atoms with E-state index in [4.69, 9.17) is 6.57 Å². The number of nitrogens with one attached hydrogen (secondary N) is 1. The second-order valence-electron chi connectivity index (χ2n) is 5.26. The summed E-state index contributed by atoms with van der Waals surface area (Å²) in [6.07, 6.45) is 0. The highest BCUT2D eigenvalue weighted by atomic mass is 32.2. The molecule has 0 bridgehead atoms. The molecular weight excluding hydrogens is 359 g/mol. The van der Waals surface area contributed by atoms with E-state index >= 15 is 0 Å². The van der Waals surface area contributed by atoms with Crippen LogP contribution < -0.4 is 4.72 Å². The summed E-state index contributed by atoms with van der Waals surface area (Å²) < 4.78 is 39.0. The van der Waals surface area contributed by atoms with Gasteiger partial charge in [-0.25, -0.2) is 19.4 Å². The standard InChI is InChI=1S/C16H13FN6O2S/c1-18-11-19-26(24,25)15-8-4-13(5-9-15)16-20-22-23(21-16)10-12-2-6-14(17)7-3-12/h2-9,19H,10-11H2. The van der Waals surface area contributed by atoms with Gasteiger partial charge in [0.15, 0.2) is 0 Å². The first-order valence-electron chi connectivity index (χ1n) is 7.43. The SMILES string of the molecule is [C-]#[N+]CNS(=O)(=O)c1ccc(-c2nnn(Cc3ccc(F)cc3)n2)cc1. The number of halogens is 1. The maximum atomic E-state index is 12.9. The van der Waals surface area contributed by atoms with Crippen molar-refractivity contribution in [2.45, 2.75) is 11.4 Å². The summed E-state index contributed by atoms with van der Waals surface area (Å²) in [6, 6.07) is 11.9. The molecule has 8 nitrogen and oxygen atoms in total. The molecule has 0 atom stereocenters. The quantitative estimate of drug-likeness (QED) is 0.665. The van der Waals surface area contributed by atoms with Crippen molar-refractivity contribution in [3.63, 3.8) is 0 Å². The molecule has 1 aromatic heterocycles. The summed E-state index contributed by atoms with van der Waals surface area (Å²) in [5.74, 6) is 0.0205. The average molecular weight is 372 g/mol. The van der Waals surface area contributed by atoms with E-state index in [-0.39, 0.29) is 17.4 Å². The van der Waals surface area contributed by atoms with Gasteiger partial charge in [0.05, 0.1) is 11.4 Å². The molecule has 0 saturated heterocycles. The van der Waals surface area contributed by atoms with Crippen LogP contribution in [0.3, 0.4) is 0 Å². The third kappa shape index (κ3) is 4.08. The zero-order valence-electron chi connectivity index (χ0n) is 13.4. The zero-order valence-corrected chi connectivity index (χ0v) is 14.2. The lowest BCUT2D eigenvalue weighted by atomic mass is 10.2. The average Bonchev–Trinajstić information content (AvgIpc) is 3.11. The number of aromatic nitrogens is 4. The van der Waals surface area contributed by atoms with Crippen molar-refractivity contribution in [2.75, 3.05) is 6.67 Å². The maximum Gasteiger partial charge on any atom is 0.280 e. The fraction of sp³-hybridized carbons (Fsp3) is 0.125. The van der Waals surface area contributed by atoms with Gasteiger partial charge in [-0.05, 0) is 47.2 Å². The topological polar surface area (TPSA) is 94.1 Å². The Bertz CT molecular complexity index is 1040. The third-order valence-corrected chi connectivity index (χ3v) is 4.85. The van der Waals surface area contributed by atoms with Crippen LogP contribution in [-0.4, -0.2) is 35.3 Å². The van der Waals surface area contributed by atoms with Crippen LogP contribution in [0.5, 0.6) is 0 Å². The van der Waals surface area contributed by atoms with E-state index < -0.39 is 10.0 Å². The summed E-state index contributed by atoms with van der Waals surface area (Å²) in [5.41, 5.74) is 1.42. The molecule has 0 radical (unpaired) electrons. The predicted octanol–water partition coefficient (Wildman–Crippen LogP) is 1.68. The second-order valence-corrected chi connectivity index (χ2v) is 7.03. The van der Waals surface area contributed by atoms with E-state index in [1.165, 1.54) is 29.1 Å². The molecule has 10 heteroatoms. The first-order chi connectivity index (χ1) is 12.5. The van der Waals surface area contributed by atoms with Crippen LogP contribution >= 0.6 is 0 Å².